The number of aromatic hydroxyl groups is 1. The molecule has 0 spiro atoms. The van der Waals surface area contributed by atoms with E-state index < -0.39 is 20.2 Å². The van der Waals surface area contributed by atoms with Crippen LogP contribution >= 0.6 is 8.38 Å². The zero-order valence-corrected chi connectivity index (χ0v) is 17.8. The third-order valence-corrected chi connectivity index (χ3v) is 6.04. The topological polar surface area (TPSA) is 123 Å². The minimum absolute atomic E-state index is 0.0395. The fourth-order valence-corrected chi connectivity index (χ4v) is 4.30. The van der Waals surface area contributed by atoms with Crippen LogP contribution in [0.15, 0.2) is 42.6 Å². The van der Waals surface area contributed by atoms with Gasteiger partial charge in [0.2, 0.25) is 0 Å². The molecule has 0 atom stereocenters. The third kappa shape index (κ3) is 4.27. The molecular formula is C22H21FN3O5P. The van der Waals surface area contributed by atoms with Crippen LogP contribution in [-0.4, -0.2) is 49.3 Å². The highest BCUT2D eigenvalue weighted by Crippen LogP contribution is 2.40. The highest BCUT2D eigenvalue weighted by molar-refractivity contribution is 7.45. The van der Waals surface area contributed by atoms with Gasteiger partial charge < -0.3 is 25.1 Å². The fourth-order valence-electron chi connectivity index (χ4n) is 3.86. The maximum Gasteiger partial charge on any atom is 0.258 e. The number of pyridine rings is 1. The summed E-state index contributed by atoms with van der Waals surface area (Å²) in [6.45, 7) is 0.517. The number of carbonyl (C=O) groups excluding carboxylic acids is 2. The maximum absolute atomic E-state index is 13.2. The number of nitrogens with one attached hydrogen (secondary N) is 1. The van der Waals surface area contributed by atoms with Crippen molar-refractivity contribution >= 4 is 31.1 Å². The Balaban J connectivity index is 1.69. The summed E-state index contributed by atoms with van der Waals surface area (Å²) in [5.41, 5.74) is 1.57. The minimum atomic E-state index is -2.03. The van der Waals surface area contributed by atoms with Crippen LogP contribution < -0.4 is 5.32 Å². The summed E-state index contributed by atoms with van der Waals surface area (Å²) in [5.74, 6) is -1.52. The number of phenolic OH excluding ortho intramolecular Hbond substituents is 1. The summed E-state index contributed by atoms with van der Waals surface area (Å²) in [5, 5.41) is 14.0. The largest absolute Gasteiger partial charge is 0.505 e. The summed E-state index contributed by atoms with van der Waals surface area (Å²) in [6, 6.07) is 9.07. The second kappa shape index (κ2) is 9.16. The number of amides is 2. The Morgan fingerprint density at radius 3 is 2.69 bits per heavy atom. The van der Waals surface area contributed by atoms with Gasteiger partial charge >= 0.3 is 0 Å². The molecule has 2 heterocycles. The zero-order valence-electron chi connectivity index (χ0n) is 17.0. The summed E-state index contributed by atoms with van der Waals surface area (Å²) < 4.78 is 13.2. The standard InChI is InChI=1S/C22H21FN3O5P/c23-14-6-4-13(5-7-14)11-26-12-16-17(21(28)25-9-2-10-32(30)31)15-3-1-8-24-19(15)20(27)18(16)22(26)29/h1,3-8,27,30-31H,2,9-12H2,(H,25,28). The van der Waals surface area contributed by atoms with E-state index in [0.717, 1.165) is 0 Å². The first kappa shape index (κ1) is 22.1. The fraction of sp³-hybridized carbons (Fsp3) is 0.227. The monoisotopic (exact) mass is 457 g/mol. The van der Waals surface area contributed by atoms with Crippen LogP contribution in [0.4, 0.5) is 4.39 Å². The number of phenols is 1. The van der Waals surface area contributed by atoms with Crippen molar-refractivity contribution in [2.45, 2.75) is 19.5 Å². The van der Waals surface area contributed by atoms with E-state index in [1.54, 1.807) is 24.3 Å². The Morgan fingerprint density at radius 1 is 1.22 bits per heavy atom. The molecule has 166 valence electrons. The van der Waals surface area contributed by atoms with Crippen LogP contribution in [-0.2, 0) is 13.1 Å². The van der Waals surface area contributed by atoms with Gasteiger partial charge in [-0.15, -0.1) is 0 Å². The SMILES string of the molecule is O=C(NCCCP(O)O)c1c2c(c(O)c3ncccc13)C(=O)N(Cc1ccc(F)cc1)C2. The molecule has 0 fully saturated rings. The Bertz CT molecular complexity index is 1190. The van der Waals surface area contributed by atoms with E-state index in [1.807, 2.05) is 0 Å². The van der Waals surface area contributed by atoms with Crippen molar-refractivity contribution in [1.29, 1.82) is 0 Å². The van der Waals surface area contributed by atoms with E-state index in [1.165, 1.54) is 23.2 Å². The molecule has 0 bridgehead atoms. The Labute approximate surface area is 184 Å². The molecule has 4 rings (SSSR count). The molecule has 3 aromatic rings. The molecule has 4 N–H and O–H groups in total. The number of hydrogen-bond acceptors (Lipinski definition) is 6. The molecule has 1 aromatic heterocycles. The van der Waals surface area contributed by atoms with Crippen molar-refractivity contribution in [1.82, 2.24) is 15.2 Å². The summed E-state index contributed by atoms with van der Waals surface area (Å²) in [6.07, 6.45) is 2.03. The second-order valence-corrected chi connectivity index (χ2v) is 8.66. The number of halogens is 1. The summed E-state index contributed by atoms with van der Waals surface area (Å²) >= 11 is 0. The van der Waals surface area contributed by atoms with Crippen molar-refractivity contribution in [3.63, 3.8) is 0 Å². The number of benzene rings is 2. The molecule has 2 aromatic carbocycles. The maximum atomic E-state index is 13.2. The normalized spacial score (nSPS) is 13.1. The number of aromatic nitrogens is 1. The number of nitrogens with zero attached hydrogens (tertiary/aromatic N) is 2. The summed E-state index contributed by atoms with van der Waals surface area (Å²) in [4.78, 5) is 49.9. The molecule has 32 heavy (non-hydrogen) atoms. The number of fused-ring (bicyclic) bond motifs is 2. The van der Waals surface area contributed by atoms with Crippen molar-refractivity contribution in [2.24, 2.45) is 0 Å². The van der Waals surface area contributed by atoms with Crippen molar-refractivity contribution in [3.05, 3.63) is 70.7 Å². The molecule has 1 aliphatic heterocycles. The first-order chi connectivity index (χ1) is 15.4. The van der Waals surface area contributed by atoms with Crippen LogP contribution in [0.25, 0.3) is 10.9 Å². The van der Waals surface area contributed by atoms with Gasteiger partial charge in [-0.2, -0.15) is 0 Å². The van der Waals surface area contributed by atoms with E-state index in [4.69, 9.17) is 9.79 Å². The van der Waals surface area contributed by atoms with Gasteiger partial charge in [0.25, 0.3) is 11.8 Å². The highest BCUT2D eigenvalue weighted by atomic mass is 31.2. The predicted molar refractivity (Wildman–Crippen MR) is 117 cm³/mol. The molecule has 0 radical (unpaired) electrons. The molecule has 0 aliphatic carbocycles. The predicted octanol–water partition coefficient (Wildman–Crippen LogP) is 2.65. The van der Waals surface area contributed by atoms with Crippen LogP contribution in [0.3, 0.4) is 0 Å². The van der Waals surface area contributed by atoms with Crippen LogP contribution in [0.1, 0.15) is 38.3 Å². The lowest BCUT2D eigenvalue weighted by atomic mass is 9.96. The lowest BCUT2D eigenvalue weighted by Gasteiger charge is -2.16. The van der Waals surface area contributed by atoms with Crippen LogP contribution in [0.5, 0.6) is 5.75 Å². The third-order valence-electron chi connectivity index (χ3n) is 5.33. The van der Waals surface area contributed by atoms with Gasteiger partial charge in [-0.3, -0.25) is 14.6 Å². The van der Waals surface area contributed by atoms with Gasteiger partial charge in [-0.1, -0.05) is 18.2 Å². The highest BCUT2D eigenvalue weighted by Gasteiger charge is 2.36. The van der Waals surface area contributed by atoms with Crippen molar-refractivity contribution < 1.29 is 28.9 Å². The van der Waals surface area contributed by atoms with E-state index in [9.17, 15) is 19.1 Å². The van der Waals surface area contributed by atoms with Gasteiger partial charge in [0.15, 0.2) is 14.1 Å². The van der Waals surface area contributed by atoms with E-state index in [2.05, 4.69) is 10.3 Å². The lowest BCUT2D eigenvalue weighted by Crippen LogP contribution is -2.26. The molecule has 0 unspecified atom stereocenters. The number of hydrogen-bond donors (Lipinski definition) is 4. The molecule has 0 saturated carbocycles. The lowest BCUT2D eigenvalue weighted by molar-refractivity contribution is 0.0763. The van der Waals surface area contributed by atoms with Gasteiger partial charge in [0.05, 0.1) is 11.1 Å². The van der Waals surface area contributed by atoms with Crippen molar-refractivity contribution in [3.8, 4) is 5.75 Å². The van der Waals surface area contributed by atoms with E-state index in [-0.39, 0.29) is 54.0 Å². The Kier molecular flexibility index (Phi) is 6.32. The molecule has 2 amide bonds. The van der Waals surface area contributed by atoms with E-state index >= 15 is 0 Å². The Morgan fingerprint density at radius 2 is 1.97 bits per heavy atom. The molecular weight excluding hydrogens is 436 g/mol. The van der Waals surface area contributed by atoms with E-state index in [0.29, 0.717) is 22.9 Å². The zero-order chi connectivity index (χ0) is 22.8. The van der Waals surface area contributed by atoms with Gasteiger partial charge in [0.1, 0.15) is 11.3 Å². The van der Waals surface area contributed by atoms with Gasteiger partial charge in [-0.05, 0) is 30.2 Å². The molecule has 1 aliphatic rings. The summed E-state index contributed by atoms with van der Waals surface area (Å²) in [7, 11) is -2.03. The molecule has 0 saturated heterocycles. The number of carbonyl (C=O) groups is 2. The second-order valence-electron chi connectivity index (χ2n) is 7.47. The van der Waals surface area contributed by atoms with Crippen LogP contribution in [0.2, 0.25) is 0 Å². The van der Waals surface area contributed by atoms with Crippen molar-refractivity contribution in [2.75, 3.05) is 12.7 Å². The first-order valence-electron chi connectivity index (χ1n) is 9.96. The first-order valence-corrected chi connectivity index (χ1v) is 11.4. The quantitative estimate of drug-likeness (QED) is 0.320. The smallest absolute Gasteiger partial charge is 0.258 e. The van der Waals surface area contributed by atoms with Gasteiger partial charge in [0, 0.05) is 42.9 Å². The van der Waals surface area contributed by atoms with Gasteiger partial charge in [-0.25, -0.2) is 4.39 Å². The Hall–Kier alpha value is -3.13. The average Bonchev–Trinajstić information content (AvgIpc) is 3.09. The minimum Gasteiger partial charge on any atom is -0.505 e. The number of rotatable bonds is 7. The molecule has 10 heteroatoms. The van der Waals surface area contributed by atoms with Crippen LogP contribution in [0, 0.1) is 5.82 Å². The molecule has 8 nitrogen and oxygen atoms in total. The average molecular weight is 457 g/mol.